The molecule has 0 aliphatic heterocycles. The summed E-state index contributed by atoms with van der Waals surface area (Å²) in [6, 6.07) is 8.30. The molecule has 0 amide bonds. The number of aromatic nitrogens is 1. The fraction of sp³-hybridized carbons (Fsp3) is 0.250. The Kier molecular flexibility index (Phi) is 2.22. The number of aryl methyl sites for hydroxylation is 2. The molecule has 2 N–H and O–H groups in total. The summed E-state index contributed by atoms with van der Waals surface area (Å²) in [4.78, 5) is 4.47. The second-order valence-electron chi connectivity index (χ2n) is 3.64. The van der Waals surface area contributed by atoms with Gasteiger partial charge in [0.25, 0.3) is 0 Å². The van der Waals surface area contributed by atoms with Gasteiger partial charge in [0.1, 0.15) is 0 Å². The Bertz CT molecular complexity index is 475. The number of rotatable bonds is 1. The van der Waals surface area contributed by atoms with Crippen molar-refractivity contribution < 1.29 is 0 Å². The van der Waals surface area contributed by atoms with Gasteiger partial charge in [0.2, 0.25) is 0 Å². The molecule has 0 aliphatic rings. The maximum absolute atomic E-state index is 5.60. The zero-order valence-electron chi connectivity index (χ0n) is 8.54. The second-order valence-corrected chi connectivity index (χ2v) is 3.64. The van der Waals surface area contributed by atoms with E-state index in [-0.39, 0.29) is 0 Å². The molecule has 2 nitrogen and oxygen atoms in total. The van der Waals surface area contributed by atoms with E-state index in [0.29, 0.717) is 6.54 Å². The van der Waals surface area contributed by atoms with Gasteiger partial charge in [0.05, 0.1) is 5.52 Å². The van der Waals surface area contributed by atoms with Crippen LogP contribution in [-0.2, 0) is 6.54 Å². The molecule has 2 rings (SSSR count). The van der Waals surface area contributed by atoms with E-state index >= 15 is 0 Å². The third-order valence-corrected chi connectivity index (χ3v) is 2.44. The smallest absolute Gasteiger partial charge is 0.0708 e. The zero-order chi connectivity index (χ0) is 10.1. The van der Waals surface area contributed by atoms with Crippen LogP contribution < -0.4 is 5.73 Å². The van der Waals surface area contributed by atoms with Gasteiger partial charge in [-0.2, -0.15) is 0 Å². The van der Waals surface area contributed by atoms with Gasteiger partial charge in [-0.1, -0.05) is 6.07 Å². The molecule has 0 aliphatic carbocycles. The molecule has 0 saturated carbocycles. The minimum absolute atomic E-state index is 0.587. The standard InChI is InChI=1S/C12H14N2/c1-8-5-9(2)14-12-4-3-10(7-13)6-11(8)12/h3-6H,7,13H2,1-2H3. The lowest BCUT2D eigenvalue weighted by molar-refractivity contribution is 1.07. The molecule has 2 heteroatoms. The molecule has 1 aromatic heterocycles. The van der Waals surface area contributed by atoms with Gasteiger partial charge < -0.3 is 5.73 Å². The summed E-state index contributed by atoms with van der Waals surface area (Å²) in [5.41, 5.74) is 10.1. The summed E-state index contributed by atoms with van der Waals surface area (Å²) in [5.74, 6) is 0. The van der Waals surface area contributed by atoms with Crippen LogP contribution in [0.4, 0.5) is 0 Å². The van der Waals surface area contributed by atoms with Crippen LogP contribution in [0.2, 0.25) is 0 Å². The van der Waals surface area contributed by atoms with Crippen LogP contribution in [0.25, 0.3) is 10.9 Å². The van der Waals surface area contributed by atoms with E-state index < -0.39 is 0 Å². The molecule has 1 heterocycles. The summed E-state index contributed by atoms with van der Waals surface area (Å²) >= 11 is 0. The SMILES string of the molecule is Cc1cc(C)c2cc(CN)ccc2n1. The van der Waals surface area contributed by atoms with Crippen molar-refractivity contribution >= 4 is 10.9 Å². The van der Waals surface area contributed by atoms with Crippen LogP contribution in [-0.4, -0.2) is 4.98 Å². The highest BCUT2D eigenvalue weighted by Crippen LogP contribution is 2.18. The van der Waals surface area contributed by atoms with Crippen LogP contribution in [0.3, 0.4) is 0 Å². The Morgan fingerprint density at radius 3 is 2.71 bits per heavy atom. The first-order valence-electron chi connectivity index (χ1n) is 4.77. The molecule has 0 radical (unpaired) electrons. The lowest BCUT2D eigenvalue weighted by atomic mass is 10.1. The molecule has 72 valence electrons. The lowest BCUT2D eigenvalue weighted by Crippen LogP contribution is -1.96. The summed E-state index contributed by atoms with van der Waals surface area (Å²) in [6.07, 6.45) is 0. The minimum atomic E-state index is 0.587. The van der Waals surface area contributed by atoms with Gasteiger partial charge in [-0.05, 0) is 43.2 Å². The summed E-state index contributed by atoms with van der Waals surface area (Å²) in [7, 11) is 0. The van der Waals surface area contributed by atoms with Crippen LogP contribution >= 0.6 is 0 Å². The van der Waals surface area contributed by atoms with Crippen LogP contribution in [0.15, 0.2) is 24.3 Å². The van der Waals surface area contributed by atoms with E-state index in [0.717, 1.165) is 16.8 Å². The van der Waals surface area contributed by atoms with E-state index in [1.165, 1.54) is 10.9 Å². The largest absolute Gasteiger partial charge is 0.326 e. The number of hydrogen-bond donors (Lipinski definition) is 1. The number of hydrogen-bond acceptors (Lipinski definition) is 2. The lowest BCUT2D eigenvalue weighted by Gasteiger charge is -2.05. The fourth-order valence-corrected chi connectivity index (χ4v) is 1.74. The van der Waals surface area contributed by atoms with Gasteiger partial charge >= 0.3 is 0 Å². The number of nitrogens with zero attached hydrogens (tertiary/aromatic N) is 1. The summed E-state index contributed by atoms with van der Waals surface area (Å²) < 4.78 is 0. The molecule has 0 fully saturated rings. The molecular formula is C12H14N2. The average Bonchev–Trinajstić information content (AvgIpc) is 2.17. The summed E-state index contributed by atoms with van der Waals surface area (Å²) in [5, 5.41) is 1.21. The molecule has 0 saturated heterocycles. The minimum Gasteiger partial charge on any atom is -0.326 e. The quantitative estimate of drug-likeness (QED) is 0.742. The van der Waals surface area contributed by atoms with E-state index in [1.54, 1.807) is 0 Å². The van der Waals surface area contributed by atoms with Crippen LogP contribution in [0, 0.1) is 13.8 Å². The summed E-state index contributed by atoms with van der Waals surface area (Å²) in [6.45, 7) is 4.71. The number of nitrogens with two attached hydrogens (primary N) is 1. The van der Waals surface area contributed by atoms with E-state index in [1.807, 2.05) is 19.1 Å². The molecule has 0 unspecified atom stereocenters. The van der Waals surface area contributed by atoms with Crippen molar-refractivity contribution in [1.82, 2.24) is 4.98 Å². The molecule has 0 spiro atoms. The molecular weight excluding hydrogens is 172 g/mol. The second kappa shape index (κ2) is 3.39. The number of pyridine rings is 1. The van der Waals surface area contributed by atoms with Crippen molar-refractivity contribution in [1.29, 1.82) is 0 Å². The van der Waals surface area contributed by atoms with E-state index in [9.17, 15) is 0 Å². The predicted octanol–water partition coefficient (Wildman–Crippen LogP) is 2.31. The average molecular weight is 186 g/mol. The molecule has 14 heavy (non-hydrogen) atoms. The Hall–Kier alpha value is -1.41. The highest BCUT2D eigenvalue weighted by molar-refractivity contribution is 5.82. The van der Waals surface area contributed by atoms with Crippen molar-refractivity contribution in [3.8, 4) is 0 Å². The third-order valence-electron chi connectivity index (χ3n) is 2.44. The first kappa shape index (κ1) is 9.16. The van der Waals surface area contributed by atoms with Crippen molar-refractivity contribution in [2.24, 2.45) is 5.73 Å². The van der Waals surface area contributed by atoms with Crippen LogP contribution in [0.5, 0.6) is 0 Å². The van der Waals surface area contributed by atoms with E-state index in [2.05, 4.69) is 24.0 Å². The third kappa shape index (κ3) is 1.49. The monoisotopic (exact) mass is 186 g/mol. The Labute approximate surface area is 83.8 Å². The normalized spacial score (nSPS) is 10.8. The Morgan fingerprint density at radius 1 is 1.21 bits per heavy atom. The number of fused-ring (bicyclic) bond motifs is 1. The van der Waals surface area contributed by atoms with Gasteiger partial charge in [0, 0.05) is 17.6 Å². The first-order chi connectivity index (χ1) is 6.70. The van der Waals surface area contributed by atoms with Crippen molar-refractivity contribution in [2.45, 2.75) is 20.4 Å². The molecule has 0 bridgehead atoms. The fourth-order valence-electron chi connectivity index (χ4n) is 1.74. The van der Waals surface area contributed by atoms with Gasteiger partial charge in [0.15, 0.2) is 0 Å². The maximum atomic E-state index is 5.60. The van der Waals surface area contributed by atoms with E-state index in [4.69, 9.17) is 5.73 Å². The van der Waals surface area contributed by atoms with Crippen molar-refractivity contribution in [3.63, 3.8) is 0 Å². The predicted molar refractivity (Wildman–Crippen MR) is 59.1 cm³/mol. The molecule has 1 aromatic carbocycles. The van der Waals surface area contributed by atoms with Gasteiger partial charge in [-0.3, -0.25) is 4.98 Å². The molecule has 2 aromatic rings. The van der Waals surface area contributed by atoms with Crippen molar-refractivity contribution in [3.05, 3.63) is 41.1 Å². The van der Waals surface area contributed by atoms with Gasteiger partial charge in [-0.15, -0.1) is 0 Å². The zero-order valence-corrected chi connectivity index (χ0v) is 8.54. The first-order valence-corrected chi connectivity index (χ1v) is 4.77. The Morgan fingerprint density at radius 2 is 2.00 bits per heavy atom. The molecule has 0 atom stereocenters. The van der Waals surface area contributed by atoms with Crippen LogP contribution in [0.1, 0.15) is 16.8 Å². The van der Waals surface area contributed by atoms with Gasteiger partial charge in [-0.25, -0.2) is 0 Å². The Balaban J connectivity index is 2.75. The van der Waals surface area contributed by atoms with Crippen molar-refractivity contribution in [2.75, 3.05) is 0 Å². The number of benzene rings is 1. The maximum Gasteiger partial charge on any atom is 0.0708 e. The topological polar surface area (TPSA) is 38.9 Å². The highest BCUT2D eigenvalue weighted by atomic mass is 14.7. The highest BCUT2D eigenvalue weighted by Gasteiger charge is 2.00.